The summed E-state index contributed by atoms with van der Waals surface area (Å²) in [5.74, 6) is -0.887. The molecule has 0 heterocycles. The Bertz CT molecular complexity index is 952. The van der Waals surface area contributed by atoms with E-state index in [4.69, 9.17) is 0 Å². The van der Waals surface area contributed by atoms with Crippen molar-refractivity contribution in [1.82, 2.24) is 4.72 Å². The molecule has 0 spiro atoms. The molecule has 1 amide bonds. The van der Waals surface area contributed by atoms with Gasteiger partial charge in [-0.15, -0.1) is 0 Å². The quantitative estimate of drug-likeness (QED) is 0.472. The molecule has 0 bridgehead atoms. The molecule has 0 aromatic heterocycles. The fourth-order valence-electron chi connectivity index (χ4n) is 1.86. The molecule has 9 nitrogen and oxygen atoms in total. The van der Waals surface area contributed by atoms with Gasteiger partial charge in [-0.25, -0.2) is 13.1 Å². The van der Waals surface area contributed by atoms with Gasteiger partial charge in [-0.3, -0.25) is 19.9 Å². The molecule has 25 heavy (non-hydrogen) atoms. The molecule has 10 heteroatoms. The lowest BCUT2D eigenvalue weighted by atomic mass is 10.2. The van der Waals surface area contributed by atoms with Gasteiger partial charge in [0.15, 0.2) is 0 Å². The molecule has 0 unspecified atom stereocenters. The number of carbonyl (C=O) groups is 1. The van der Waals surface area contributed by atoms with Gasteiger partial charge in [-0.1, -0.05) is 0 Å². The van der Waals surface area contributed by atoms with E-state index in [9.17, 15) is 28.4 Å². The minimum atomic E-state index is -3.93. The van der Waals surface area contributed by atoms with Gasteiger partial charge in [0.1, 0.15) is 5.75 Å². The van der Waals surface area contributed by atoms with Crippen molar-refractivity contribution in [3.8, 4) is 5.75 Å². The number of rotatable bonds is 5. The largest absolute Gasteiger partial charge is 0.507 e. The molecule has 0 aliphatic heterocycles. The number of nitrogens with zero attached hydrogens (tertiary/aromatic N) is 2. The van der Waals surface area contributed by atoms with E-state index < -0.39 is 20.9 Å². The number of amides is 1. The predicted molar refractivity (Wildman–Crippen MR) is 89.5 cm³/mol. The lowest BCUT2D eigenvalue weighted by Gasteiger charge is -2.04. The molecule has 0 atom stereocenters. The Labute approximate surface area is 142 Å². The van der Waals surface area contributed by atoms with E-state index in [1.165, 1.54) is 36.5 Å². The van der Waals surface area contributed by atoms with E-state index in [2.05, 4.69) is 4.99 Å². The van der Waals surface area contributed by atoms with Gasteiger partial charge >= 0.3 is 0 Å². The summed E-state index contributed by atoms with van der Waals surface area (Å²) in [6.07, 6.45) is 1.22. The molecule has 0 fully saturated rings. The van der Waals surface area contributed by atoms with E-state index in [-0.39, 0.29) is 21.9 Å². The third-order valence-corrected chi connectivity index (χ3v) is 4.45. The zero-order valence-corrected chi connectivity index (χ0v) is 13.7. The Morgan fingerprint density at radius 1 is 1.24 bits per heavy atom. The Morgan fingerprint density at radius 2 is 1.88 bits per heavy atom. The highest BCUT2D eigenvalue weighted by Gasteiger charge is 2.14. The van der Waals surface area contributed by atoms with Gasteiger partial charge in [-0.2, -0.15) is 0 Å². The maximum atomic E-state index is 11.8. The number of hydrogen-bond donors (Lipinski definition) is 2. The third kappa shape index (κ3) is 4.61. The topological polar surface area (TPSA) is 139 Å². The SMILES string of the molecule is CC(=O)NS(=O)(=O)c1ccc(N=Cc2cc([N+](=O)[O-])ccc2O)cc1. The van der Waals surface area contributed by atoms with Crippen LogP contribution in [0, 0.1) is 10.1 Å². The average molecular weight is 363 g/mol. The summed E-state index contributed by atoms with van der Waals surface area (Å²) in [7, 11) is -3.93. The standard InChI is InChI=1S/C15H13N3O6S/c1-10(19)17-25(23,24)14-5-2-12(3-6-14)16-9-11-8-13(18(21)22)4-7-15(11)20/h2-9,20H,1H3,(H,17,19). The number of aliphatic imine (C=N–C) groups is 1. The highest BCUT2D eigenvalue weighted by molar-refractivity contribution is 7.90. The number of non-ortho nitro benzene ring substituents is 1. The molecule has 0 aliphatic carbocycles. The molecule has 2 N–H and O–H groups in total. The van der Waals surface area contributed by atoms with Crippen LogP contribution in [0.15, 0.2) is 52.4 Å². The molecule has 130 valence electrons. The maximum absolute atomic E-state index is 11.8. The molecule has 0 saturated carbocycles. The fourth-order valence-corrected chi connectivity index (χ4v) is 2.85. The number of hydrogen-bond acceptors (Lipinski definition) is 7. The van der Waals surface area contributed by atoms with Gasteiger partial charge in [-0.05, 0) is 30.3 Å². The lowest BCUT2D eigenvalue weighted by Crippen LogP contribution is -2.28. The van der Waals surface area contributed by atoms with Crippen molar-refractivity contribution in [3.63, 3.8) is 0 Å². The maximum Gasteiger partial charge on any atom is 0.270 e. The second-order valence-electron chi connectivity index (χ2n) is 4.91. The Balaban J connectivity index is 2.25. The first-order chi connectivity index (χ1) is 11.7. The van der Waals surface area contributed by atoms with Crippen LogP contribution in [0.1, 0.15) is 12.5 Å². The highest BCUT2D eigenvalue weighted by atomic mass is 32.2. The fraction of sp³-hybridized carbons (Fsp3) is 0.0667. The second-order valence-corrected chi connectivity index (χ2v) is 6.60. The summed E-state index contributed by atoms with van der Waals surface area (Å²) >= 11 is 0. The highest BCUT2D eigenvalue weighted by Crippen LogP contribution is 2.23. The van der Waals surface area contributed by atoms with Crippen LogP contribution >= 0.6 is 0 Å². The van der Waals surface area contributed by atoms with E-state index in [0.717, 1.165) is 19.1 Å². The van der Waals surface area contributed by atoms with Gasteiger partial charge < -0.3 is 5.11 Å². The van der Waals surface area contributed by atoms with E-state index >= 15 is 0 Å². The number of nitro benzene ring substituents is 1. The monoisotopic (exact) mass is 363 g/mol. The zero-order valence-electron chi connectivity index (χ0n) is 12.9. The first-order valence-electron chi connectivity index (χ1n) is 6.84. The summed E-state index contributed by atoms with van der Waals surface area (Å²) in [6, 6.07) is 8.79. The number of aromatic hydroxyl groups is 1. The number of sulfonamides is 1. The number of nitro groups is 1. The van der Waals surface area contributed by atoms with Crippen LogP contribution in [0.3, 0.4) is 0 Å². The summed E-state index contributed by atoms with van der Waals surface area (Å²) < 4.78 is 25.5. The molecular weight excluding hydrogens is 350 g/mol. The van der Waals surface area contributed by atoms with Crippen molar-refractivity contribution in [2.75, 3.05) is 0 Å². The van der Waals surface area contributed by atoms with E-state index in [1.54, 1.807) is 0 Å². The summed E-state index contributed by atoms with van der Waals surface area (Å²) in [6.45, 7) is 1.09. The number of phenolic OH excluding ortho intramolecular Hbond substituents is 1. The van der Waals surface area contributed by atoms with Crippen LogP contribution < -0.4 is 4.72 Å². The Hall–Kier alpha value is -3.27. The lowest BCUT2D eigenvalue weighted by molar-refractivity contribution is -0.384. The minimum absolute atomic E-state index is 0.111. The first-order valence-corrected chi connectivity index (χ1v) is 8.32. The number of carbonyl (C=O) groups excluding carboxylic acids is 1. The van der Waals surface area contributed by atoms with Crippen LogP contribution in [-0.2, 0) is 14.8 Å². The molecule has 0 saturated heterocycles. The van der Waals surface area contributed by atoms with Gasteiger partial charge in [0.2, 0.25) is 5.91 Å². The van der Waals surface area contributed by atoms with Crippen molar-refractivity contribution < 1.29 is 23.2 Å². The molecule has 0 radical (unpaired) electrons. The van der Waals surface area contributed by atoms with Crippen LogP contribution in [0.5, 0.6) is 5.75 Å². The summed E-state index contributed by atoms with van der Waals surface area (Å²) in [4.78, 5) is 24.9. The van der Waals surface area contributed by atoms with Crippen molar-refractivity contribution in [2.24, 2.45) is 4.99 Å². The number of nitrogens with one attached hydrogen (secondary N) is 1. The summed E-state index contributed by atoms with van der Waals surface area (Å²) in [5.41, 5.74) is 0.299. The smallest absolute Gasteiger partial charge is 0.270 e. The molecule has 2 aromatic rings. The van der Waals surface area contributed by atoms with Crippen LogP contribution in [0.25, 0.3) is 0 Å². The third-order valence-electron chi connectivity index (χ3n) is 3.00. The predicted octanol–water partition coefficient (Wildman–Crippen LogP) is 1.88. The van der Waals surface area contributed by atoms with Gasteiger partial charge in [0, 0.05) is 30.8 Å². The molecule has 2 aromatic carbocycles. The Kier molecular flexibility index (Phi) is 5.13. The number of phenols is 1. The second kappa shape index (κ2) is 7.09. The zero-order chi connectivity index (χ0) is 18.6. The van der Waals surface area contributed by atoms with Crippen LogP contribution in [0.4, 0.5) is 11.4 Å². The van der Waals surface area contributed by atoms with Crippen molar-refractivity contribution in [1.29, 1.82) is 0 Å². The van der Waals surface area contributed by atoms with Crippen LogP contribution in [0.2, 0.25) is 0 Å². The number of benzene rings is 2. The van der Waals surface area contributed by atoms with E-state index in [1.807, 2.05) is 4.72 Å². The molecular formula is C15H13N3O6S. The van der Waals surface area contributed by atoms with Gasteiger partial charge in [0.25, 0.3) is 15.7 Å². The molecule has 0 aliphatic rings. The van der Waals surface area contributed by atoms with Crippen LogP contribution in [-0.4, -0.2) is 30.6 Å². The van der Waals surface area contributed by atoms with Crippen molar-refractivity contribution in [2.45, 2.75) is 11.8 Å². The first kappa shape index (κ1) is 18.1. The van der Waals surface area contributed by atoms with Crippen molar-refractivity contribution >= 4 is 33.5 Å². The van der Waals surface area contributed by atoms with Gasteiger partial charge in [0.05, 0.1) is 15.5 Å². The summed E-state index contributed by atoms with van der Waals surface area (Å²) in [5, 5.41) is 20.4. The minimum Gasteiger partial charge on any atom is -0.507 e. The molecule has 2 rings (SSSR count). The normalized spacial score (nSPS) is 11.4. The van der Waals surface area contributed by atoms with E-state index in [0.29, 0.717) is 5.69 Å². The Morgan fingerprint density at radius 3 is 2.44 bits per heavy atom. The van der Waals surface area contributed by atoms with Crippen molar-refractivity contribution in [3.05, 3.63) is 58.1 Å². The average Bonchev–Trinajstić information content (AvgIpc) is 2.53.